The predicted octanol–water partition coefficient (Wildman–Crippen LogP) is 2.70. The normalized spacial score (nSPS) is 12.0. The summed E-state index contributed by atoms with van der Waals surface area (Å²) in [6.45, 7) is 6.26. The maximum absolute atomic E-state index is 5.01. The Bertz CT molecular complexity index is 977. The first kappa shape index (κ1) is 14.4. The van der Waals surface area contributed by atoms with E-state index in [9.17, 15) is 0 Å². The molecular weight excluding hydrogens is 308 g/mol. The summed E-state index contributed by atoms with van der Waals surface area (Å²) in [4.78, 5) is 13.1. The lowest BCUT2D eigenvalue weighted by atomic mass is 10.1. The predicted molar refractivity (Wildman–Crippen MR) is 87.7 cm³/mol. The van der Waals surface area contributed by atoms with Gasteiger partial charge in [0.25, 0.3) is 0 Å². The van der Waals surface area contributed by atoms with Crippen LogP contribution in [0.5, 0.6) is 0 Å². The minimum absolute atomic E-state index is 0.0964. The quantitative estimate of drug-likeness (QED) is 0.596. The molecule has 0 atom stereocenters. The number of nitrogens with zero attached hydrogens (tertiary/aromatic N) is 6. The van der Waals surface area contributed by atoms with Crippen LogP contribution in [0.1, 0.15) is 20.8 Å². The van der Waals surface area contributed by atoms with Crippen molar-refractivity contribution in [2.75, 3.05) is 5.32 Å². The first-order chi connectivity index (χ1) is 11.5. The molecule has 0 unspecified atom stereocenters. The summed E-state index contributed by atoms with van der Waals surface area (Å²) in [6.07, 6.45) is 8.18. The fraction of sp³-hybridized carbons (Fsp3) is 0.267. The van der Waals surface area contributed by atoms with E-state index in [4.69, 9.17) is 4.42 Å². The van der Waals surface area contributed by atoms with E-state index in [0.29, 0.717) is 28.4 Å². The number of aromatic amines is 1. The molecule has 0 spiro atoms. The fourth-order valence-corrected chi connectivity index (χ4v) is 2.26. The molecule has 4 rings (SSSR count). The van der Waals surface area contributed by atoms with Gasteiger partial charge in [0.15, 0.2) is 18.0 Å². The average Bonchev–Trinajstić information content (AvgIpc) is 3.27. The van der Waals surface area contributed by atoms with Crippen LogP contribution in [0, 0.1) is 0 Å². The minimum Gasteiger partial charge on any atom is -0.451 e. The molecule has 0 saturated carbocycles. The summed E-state index contributed by atoms with van der Waals surface area (Å²) in [5, 5.41) is 14.6. The number of oxazole rings is 1. The third-order valence-electron chi connectivity index (χ3n) is 3.49. The Morgan fingerprint density at radius 2 is 2.08 bits per heavy atom. The van der Waals surface area contributed by atoms with Crippen LogP contribution in [0.15, 0.2) is 35.7 Å². The zero-order valence-electron chi connectivity index (χ0n) is 13.5. The zero-order valence-corrected chi connectivity index (χ0v) is 13.5. The van der Waals surface area contributed by atoms with Gasteiger partial charge in [0.1, 0.15) is 23.0 Å². The molecule has 0 aliphatic heterocycles. The molecule has 0 radical (unpaired) electrons. The summed E-state index contributed by atoms with van der Waals surface area (Å²) in [5.41, 5.74) is 2.69. The first-order valence-corrected chi connectivity index (χ1v) is 7.42. The van der Waals surface area contributed by atoms with Crippen molar-refractivity contribution in [3.8, 4) is 11.5 Å². The lowest BCUT2D eigenvalue weighted by molar-refractivity contribution is 0.355. The zero-order chi connectivity index (χ0) is 16.7. The highest BCUT2D eigenvalue weighted by atomic mass is 16.3. The highest BCUT2D eigenvalue weighted by Crippen LogP contribution is 2.25. The van der Waals surface area contributed by atoms with Crippen LogP contribution < -0.4 is 5.32 Å². The van der Waals surface area contributed by atoms with Gasteiger partial charge in [0.2, 0.25) is 0 Å². The SMILES string of the molecule is CC(C)(C)n1cc(Nc2nc(-c3cocn3)nc3cn[nH]c23)cn1. The van der Waals surface area contributed by atoms with E-state index in [0.717, 1.165) is 5.69 Å². The number of nitrogens with one attached hydrogen (secondary N) is 2. The summed E-state index contributed by atoms with van der Waals surface area (Å²) < 4.78 is 6.90. The van der Waals surface area contributed by atoms with Gasteiger partial charge in [-0.15, -0.1) is 0 Å². The Morgan fingerprint density at radius 3 is 2.79 bits per heavy atom. The molecule has 24 heavy (non-hydrogen) atoms. The van der Waals surface area contributed by atoms with Crippen molar-refractivity contribution < 1.29 is 4.42 Å². The first-order valence-electron chi connectivity index (χ1n) is 7.42. The number of hydrogen-bond acceptors (Lipinski definition) is 7. The molecular formula is C15H16N8O. The summed E-state index contributed by atoms with van der Waals surface area (Å²) >= 11 is 0. The Morgan fingerprint density at radius 1 is 1.21 bits per heavy atom. The number of hydrogen-bond donors (Lipinski definition) is 2. The molecule has 0 aromatic carbocycles. The van der Waals surface area contributed by atoms with Gasteiger partial charge in [-0.3, -0.25) is 9.78 Å². The molecule has 0 amide bonds. The molecule has 0 bridgehead atoms. The maximum atomic E-state index is 5.01. The number of rotatable bonds is 3. The van der Waals surface area contributed by atoms with Crippen molar-refractivity contribution in [3.63, 3.8) is 0 Å². The molecule has 4 aromatic heterocycles. The molecule has 9 nitrogen and oxygen atoms in total. The minimum atomic E-state index is -0.0964. The molecule has 0 aliphatic carbocycles. The molecule has 0 fully saturated rings. The van der Waals surface area contributed by atoms with Crippen LogP contribution in [0.3, 0.4) is 0 Å². The molecule has 4 heterocycles. The van der Waals surface area contributed by atoms with E-state index in [1.165, 1.54) is 12.7 Å². The smallest absolute Gasteiger partial charge is 0.184 e. The Kier molecular flexibility index (Phi) is 3.08. The number of H-pyrrole nitrogens is 1. The van der Waals surface area contributed by atoms with Gasteiger partial charge >= 0.3 is 0 Å². The van der Waals surface area contributed by atoms with Crippen molar-refractivity contribution in [1.29, 1.82) is 0 Å². The van der Waals surface area contributed by atoms with Crippen LogP contribution in [-0.2, 0) is 5.54 Å². The lowest BCUT2D eigenvalue weighted by Crippen LogP contribution is -2.21. The van der Waals surface area contributed by atoms with Gasteiger partial charge in [-0.05, 0) is 20.8 Å². The third-order valence-corrected chi connectivity index (χ3v) is 3.49. The summed E-state index contributed by atoms with van der Waals surface area (Å²) in [5.74, 6) is 1.06. The van der Waals surface area contributed by atoms with Gasteiger partial charge in [0.05, 0.1) is 23.6 Å². The van der Waals surface area contributed by atoms with Gasteiger partial charge in [-0.1, -0.05) is 0 Å². The number of aromatic nitrogens is 7. The van der Waals surface area contributed by atoms with E-state index in [2.05, 4.69) is 56.3 Å². The van der Waals surface area contributed by atoms with E-state index in [1.807, 2.05) is 10.9 Å². The highest BCUT2D eigenvalue weighted by Gasteiger charge is 2.16. The largest absolute Gasteiger partial charge is 0.451 e. The van der Waals surface area contributed by atoms with Gasteiger partial charge in [0, 0.05) is 6.20 Å². The monoisotopic (exact) mass is 324 g/mol. The van der Waals surface area contributed by atoms with Crippen LogP contribution in [0.25, 0.3) is 22.6 Å². The molecule has 0 saturated heterocycles. The van der Waals surface area contributed by atoms with Crippen LogP contribution in [0.4, 0.5) is 11.5 Å². The van der Waals surface area contributed by atoms with E-state index < -0.39 is 0 Å². The summed E-state index contributed by atoms with van der Waals surface area (Å²) in [6, 6.07) is 0. The van der Waals surface area contributed by atoms with Gasteiger partial charge < -0.3 is 9.73 Å². The Balaban J connectivity index is 1.75. The number of anilines is 2. The Labute approximate surface area is 137 Å². The molecule has 0 aliphatic rings. The average molecular weight is 324 g/mol. The number of fused-ring (bicyclic) bond motifs is 1. The van der Waals surface area contributed by atoms with Crippen LogP contribution >= 0.6 is 0 Å². The van der Waals surface area contributed by atoms with Crippen molar-refractivity contribution in [2.45, 2.75) is 26.3 Å². The fourth-order valence-electron chi connectivity index (χ4n) is 2.26. The van der Waals surface area contributed by atoms with E-state index in [1.54, 1.807) is 12.4 Å². The topological polar surface area (TPSA) is 110 Å². The second-order valence-electron chi connectivity index (χ2n) is 6.37. The van der Waals surface area contributed by atoms with E-state index >= 15 is 0 Å². The Hall–Kier alpha value is -3.23. The third kappa shape index (κ3) is 2.49. The molecule has 2 N–H and O–H groups in total. The molecule has 122 valence electrons. The van der Waals surface area contributed by atoms with E-state index in [-0.39, 0.29) is 5.54 Å². The molecule has 9 heteroatoms. The second-order valence-corrected chi connectivity index (χ2v) is 6.37. The van der Waals surface area contributed by atoms with Crippen molar-refractivity contribution >= 4 is 22.5 Å². The molecule has 4 aromatic rings. The van der Waals surface area contributed by atoms with Crippen molar-refractivity contribution in [1.82, 2.24) is 34.9 Å². The summed E-state index contributed by atoms with van der Waals surface area (Å²) in [7, 11) is 0. The van der Waals surface area contributed by atoms with Crippen LogP contribution in [0.2, 0.25) is 0 Å². The second kappa shape index (κ2) is 5.15. The van der Waals surface area contributed by atoms with Crippen molar-refractivity contribution in [3.05, 3.63) is 31.2 Å². The highest BCUT2D eigenvalue weighted by molar-refractivity contribution is 5.88. The van der Waals surface area contributed by atoms with Crippen molar-refractivity contribution in [2.24, 2.45) is 0 Å². The maximum Gasteiger partial charge on any atom is 0.184 e. The van der Waals surface area contributed by atoms with Gasteiger partial charge in [-0.2, -0.15) is 10.2 Å². The lowest BCUT2D eigenvalue weighted by Gasteiger charge is -2.18. The van der Waals surface area contributed by atoms with Gasteiger partial charge in [-0.25, -0.2) is 15.0 Å². The standard InChI is InChI=1S/C15H16N8O/c1-15(2,3)23-6-9(4-18-23)19-14-12-10(5-17-22-12)20-13(21-14)11-7-24-8-16-11/h4-8H,1-3H3,(H,17,22)(H,19,20,21). The van der Waals surface area contributed by atoms with Crippen LogP contribution in [-0.4, -0.2) is 34.9 Å².